The Bertz CT molecular complexity index is 1070. The van der Waals surface area contributed by atoms with Gasteiger partial charge in [-0.2, -0.15) is 0 Å². The second kappa shape index (κ2) is 8.34. The Kier molecular flexibility index (Phi) is 6.50. The molecular weight excluding hydrogens is 471 g/mol. The molecule has 1 aliphatic heterocycles. The number of aromatic nitrogens is 4. The van der Waals surface area contributed by atoms with Crippen LogP contribution >= 0.6 is 23.0 Å². The topological polar surface area (TPSA) is 250 Å². The van der Waals surface area contributed by atoms with Crippen LogP contribution in [0.25, 0.3) is 11.2 Å². The SMILES string of the molecule is Nc1ncnc2c1ncn2C1CC(O)C(COP(=O)(O)CP(=O)(O)OP(=O)(O)O)O1. The van der Waals surface area contributed by atoms with Crippen molar-refractivity contribution in [3.63, 3.8) is 0 Å². The van der Waals surface area contributed by atoms with Gasteiger partial charge in [-0.3, -0.25) is 13.7 Å². The molecule has 1 fully saturated rings. The number of anilines is 1. The maximum absolute atomic E-state index is 12.0. The molecule has 0 saturated carbocycles. The fraction of sp³-hybridized carbons (Fsp3) is 0.545. The van der Waals surface area contributed by atoms with E-state index in [1.165, 1.54) is 17.2 Å². The van der Waals surface area contributed by atoms with Gasteiger partial charge in [0.1, 0.15) is 24.2 Å². The number of aliphatic hydroxyl groups is 1. The minimum Gasteiger partial charge on any atom is -0.390 e. The average Bonchev–Trinajstić information content (AvgIpc) is 3.14. The minimum atomic E-state index is -5.38. The molecule has 2 aromatic rings. The molecule has 5 unspecified atom stereocenters. The third kappa shape index (κ3) is 5.69. The molecule has 1 aliphatic rings. The van der Waals surface area contributed by atoms with Gasteiger partial charge in [-0.1, -0.05) is 0 Å². The summed E-state index contributed by atoms with van der Waals surface area (Å²) in [5, 5.41) is 10.2. The monoisotopic (exact) mass is 489 g/mol. The van der Waals surface area contributed by atoms with Crippen LogP contribution in [0.3, 0.4) is 0 Å². The first kappa shape index (κ1) is 23.4. The summed E-state index contributed by atoms with van der Waals surface area (Å²) in [6, 6.07) is 0. The lowest BCUT2D eigenvalue weighted by atomic mass is 10.2. The number of hydrogen-bond acceptors (Lipinski definition) is 11. The van der Waals surface area contributed by atoms with Gasteiger partial charge < -0.3 is 39.7 Å². The fourth-order valence-electron chi connectivity index (χ4n) is 2.77. The maximum atomic E-state index is 12.0. The summed E-state index contributed by atoms with van der Waals surface area (Å²) in [4.78, 5) is 48.1. The number of phosphoric acid groups is 1. The fourth-order valence-corrected chi connectivity index (χ4v) is 7.28. The zero-order chi connectivity index (χ0) is 22.3. The summed E-state index contributed by atoms with van der Waals surface area (Å²) in [6.45, 7) is -0.662. The van der Waals surface area contributed by atoms with E-state index in [-0.39, 0.29) is 12.2 Å². The summed E-state index contributed by atoms with van der Waals surface area (Å²) in [6.07, 6.45) is -0.385. The van der Waals surface area contributed by atoms with Crippen molar-refractivity contribution in [3.05, 3.63) is 12.7 Å². The van der Waals surface area contributed by atoms with Crippen LogP contribution in [-0.2, 0) is 27.3 Å². The number of imidazole rings is 1. The van der Waals surface area contributed by atoms with Crippen molar-refractivity contribution >= 4 is 40.0 Å². The molecule has 0 amide bonds. The van der Waals surface area contributed by atoms with E-state index in [0.29, 0.717) is 11.2 Å². The molecule has 168 valence electrons. The Balaban J connectivity index is 1.64. The summed E-state index contributed by atoms with van der Waals surface area (Å²) >= 11 is 0. The van der Waals surface area contributed by atoms with E-state index in [1.807, 2.05) is 0 Å². The molecule has 0 radical (unpaired) electrons. The standard InChI is InChI=1S/C11H18N5O11P3/c12-10-9-11(14-3-13-10)16(4-15-9)8-1-6(17)7(26-8)2-25-28(18,19)5-29(20,21)27-30(22,23)24/h3-4,6-8,17H,1-2,5H2,(H,18,19)(H,20,21)(H2,12,13,14)(H2,22,23,24). The van der Waals surface area contributed by atoms with Gasteiger partial charge in [-0.25, -0.2) is 23.8 Å². The van der Waals surface area contributed by atoms with Gasteiger partial charge in [0, 0.05) is 6.42 Å². The highest BCUT2D eigenvalue weighted by Gasteiger charge is 2.41. The van der Waals surface area contributed by atoms with E-state index < -0.39 is 54.0 Å². The average molecular weight is 489 g/mol. The molecule has 3 heterocycles. The highest BCUT2D eigenvalue weighted by atomic mass is 31.3. The predicted molar refractivity (Wildman–Crippen MR) is 97.9 cm³/mol. The molecule has 3 rings (SSSR count). The molecule has 1 saturated heterocycles. The van der Waals surface area contributed by atoms with Gasteiger partial charge in [-0.05, 0) is 0 Å². The number of rotatable bonds is 8. The normalized spacial score (nSPS) is 26.5. The molecule has 0 aromatic carbocycles. The number of fused-ring (bicyclic) bond motifs is 1. The molecule has 0 spiro atoms. The third-order valence-corrected chi connectivity index (χ3v) is 9.22. The summed E-state index contributed by atoms with van der Waals surface area (Å²) in [5.41, 5.74) is 6.36. The predicted octanol–water partition coefficient (Wildman–Crippen LogP) is -0.489. The highest BCUT2D eigenvalue weighted by Crippen LogP contribution is 2.64. The van der Waals surface area contributed by atoms with E-state index in [0.717, 1.165) is 0 Å². The number of ether oxygens (including phenoxy) is 1. The van der Waals surface area contributed by atoms with Crippen LogP contribution in [0.5, 0.6) is 0 Å². The van der Waals surface area contributed by atoms with Crippen LogP contribution in [0.4, 0.5) is 5.82 Å². The van der Waals surface area contributed by atoms with E-state index >= 15 is 0 Å². The lowest BCUT2D eigenvalue weighted by Gasteiger charge is -2.20. The highest BCUT2D eigenvalue weighted by molar-refractivity contribution is 7.74. The Hall–Kier alpha value is -1.28. The number of nitrogens with two attached hydrogens (primary N) is 1. The van der Waals surface area contributed by atoms with Crippen molar-refractivity contribution in [1.82, 2.24) is 19.5 Å². The molecule has 19 heteroatoms. The summed E-state index contributed by atoms with van der Waals surface area (Å²) in [5.74, 6) is -1.43. The number of nitrogen functional groups attached to an aromatic ring is 1. The Morgan fingerprint density at radius 1 is 1.17 bits per heavy atom. The van der Waals surface area contributed by atoms with Crippen LogP contribution in [0.1, 0.15) is 12.6 Å². The smallest absolute Gasteiger partial charge is 0.390 e. The molecule has 7 N–H and O–H groups in total. The largest absolute Gasteiger partial charge is 0.476 e. The minimum absolute atomic E-state index is 0.0406. The lowest BCUT2D eigenvalue weighted by molar-refractivity contribution is -0.0395. The number of nitrogens with zero attached hydrogens (tertiary/aromatic N) is 4. The molecular formula is C11H18N5O11P3. The summed E-state index contributed by atoms with van der Waals surface area (Å²) in [7, 11) is -15.3. The quantitative estimate of drug-likeness (QED) is 0.256. The van der Waals surface area contributed by atoms with Gasteiger partial charge in [0.25, 0.3) is 0 Å². The van der Waals surface area contributed by atoms with Gasteiger partial charge in [0.2, 0.25) is 0 Å². The lowest BCUT2D eigenvalue weighted by Crippen LogP contribution is -2.26. The van der Waals surface area contributed by atoms with Crippen LogP contribution < -0.4 is 5.73 Å². The van der Waals surface area contributed by atoms with Crippen molar-refractivity contribution in [2.75, 3.05) is 18.2 Å². The van der Waals surface area contributed by atoms with Crippen molar-refractivity contribution < 1.29 is 51.9 Å². The second-order valence-corrected chi connectivity index (χ2v) is 11.9. The summed E-state index contributed by atoms with van der Waals surface area (Å²) < 4.78 is 49.6. The molecule has 16 nitrogen and oxygen atoms in total. The van der Waals surface area contributed by atoms with Gasteiger partial charge in [0.05, 0.1) is 19.0 Å². The first-order chi connectivity index (χ1) is 13.8. The molecule has 0 bridgehead atoms. The molecule has 30 heavy (non-hydrogen) atoms. The van der Waals surface area contributed by atoms with Crippen LogP contribution in [0.2, 0.25) is 0 Å². The molecule has 0 aliphatic carbocycles. The van der Waals surface area contributed by atoms with Crippen molar-refractivity contribution in [1.29, 1.82) is 0 Å². The first-order valence-electron chi connectivity index (χ1n) is 8.08. The third-order valence-electron chi connectivity index (χ3n) is 3.93. The van der Waals surface area contributed by atoms with E-state index in [2.05, 4.69) is 19.3 Å². The van der Waals surface area contributed by atoms with E-state index in [9.17, 15) is 28.6 Å². The number of aliphatic hydroxyl groups excluding tert-OH is 1. The van der Waals surface area contributed by atoms with Gasteiger partial charge in [0.15, 0.2) is 17.4 Å². The first-order valence-corrected chi connectivity index (χ1v) is 13.1. The zero-order valence-electron chi connectivity index (χ0n) is 14.9. The van der Waals surface area contributed by atoms with Crippen LogP contribution in [0, 0.1) is 0 Å². The zero-order valence-corrected chi connectivity index (χ0v) is 17.6. The van der Waals surface area contributed by atoms with Gasteiger partial charge in [-0.15, -0.1) is 0 Å². The Morgan fingerprint density at radius 3 is 2.53 bits per heavy atom. The van der Waals surface area contributed by atoms with E-state index in [1.54, 1.807) is 0 Å². The van der Waals surface area contributed by atoms with Gasteiger partial charge >= 0.3 is 23.0 Å². The Morgan fingerprint density at radius 2 is 1.87 bits per heavy atom. The van der Waals surface area contributed by atoms with Crippen LogP contribution in [-0.4, -0.2) is 68.9 Å². The van der Waals surface area contributed by atoms with Crippen molar-refractivity contribution in [3.8, 4) is 0 Å². The van der Waals surface area contributed by atoms with Crippen molar-refractivity contribution in [2.45, 2.75) is 24.9 Å². The van der Waals surface area contributed by atoms with Crippen molar-refractivity contribution in [2.24, 2.45) is 0 Å². The number of hydrogen-bond donors (Lipinski definition) is 6. The Labute approximate surface area is 168 Å². The molecule has 2 aromatic heterocycles. The van der Waals surface area contributed by atoms with Crippen LogP contribution in [0.15, 0.2) is 12.7 Å². The molecule has 5 atom stereocenters. The maximum Gasteiger partial charge on any atom is 0.476 e. The second-order valence-electron chi connectivity index (χ2n) is 6.30. The van der Waals surface area contributed by atoms with E-state index in [4.69, 9.17) is 24.8 Å².